The standard InChI is InChI=1S/C27H27FN2O5S/c1-3-21-22(9-11-24(25(21)28)36(2,33)34)27(32)30-12-13-35-23-10-6-18(15-20(23)16-30)14-17-4-7-19(8-5-17)26(29)31/h4-11,15H,3,12-14,16H2,1-2H3,(H2,29,31). The molecule has 1 aliphatic heterocycles. The topological polar surface area (TPSA) is 107 Å². The Balaban J connectivity index is 1.60. The van der Waals surface area contributed by atoms with Crippen molar-refractivity contribution < 1.29 is 27.1 Å². The number of hydrogen-bond acceptors (Lipinski definition) is 5. The lowest BCUT2D eigenvalue weighted by atomic mass is 10.0. The molecule has 0 spiro atoms. The van der Waals surface area contributed by atoms with Gasteiger partial charge in [-0.05, 0) is 60.4 Å². The number of halogens is 1. The Hall–Kier alpha value is -3.72. The second kappa shape index (κ2) is 10.1. The van der Waals surface area contributed by atoms with Gasteiger partial charge in [-0.3, -0.25) is 9.59 Å². The Labute approximate surface area is 209 Å². The first kappa shape index (κ1) is 25.4. The van der Waals surface area contributed by atoms with E-state index in [-0.39, 0.29) is 36.6 Å². The van der Waals surface area contributed by atoms with E-state index in [1.807, 2.05) is 30.3 Å². The van der Waals surface area contributed by atoms with Crippen molar-refractivity contribution in [1.29, 1.82) is 0 Å². The van der Waals surface area contributed by atoms with Crippen LogP contribution in [0.25, 0.3) is 0 Å². The molecule has 0 fully saturated rings. The molecule has 0 unspecified atom stereocenters. The fourth-order valence-electron chi connectivity index (χ4n) is 4.36. The van der Waals surface area contributed by atoms with Gasteiger partial charge in [0.05, 0.1) is 6.54 Å². The molecule has 7 nitrogen and oxygen atoms in total. The third kappa shape index (κ3) is 5.26. The van der Waals surface area contributed by atoms with Crippen molar-refractivity contribution in [2.45, 2.75) is 31.2 Å². The van der Waals surface area contributed by atoms with Crippen molar-refractivity contribution >= 4 is 21.7 Å². The van der Waals surface area contributed by atoms with Crippen LogP contribution < -0.4 is 10.5 Å². The number of sulfone groups is 1. The van der Waals surface area contributed by atoms with Crippen molar-refractivity contribution in [3.05, 3.63) is 93.8 Å². The summed E-state index contributed by atoms with van der Waals surface area (Å²) in [6.45, 7) is 2.53. The first-order valence-corrected chi connectivity index (χ1v) is 13.4. The van der Waals surface area contributed by atoms with E-state index in [0.717, 1.165) is 29.0 Å². The lowest BCUT2D eigenvalue weighted by molar-refractivity contribution is 0.0731. The molecule has 0 radical (unpaired) electrons. The Morgan fingerprint density at radius 1 is 1.06 bits per heavy atom. The fraction of sp³-hybridized carbons (Fsp3) is 0.259. The number of nitrogens with two attached hydrogens (primary N) is 1. The molecule has 0 atom stereocenters. The zero-order chi connectivity index (χ0) is 26.0. The summed E-state index contributed by atoms with van der Waals surface area (Å²) in [6.07, 6.45) is 1.73. The molecule has 0 bridgehead atoms. The zero-order valence-electron chi connectivity index (χ0n) is 20.1. The van der Waals surface area contributed by atoms with Gasteiger partial charge in [0.2, 0.25) is 5.91 Å². The smallest absolute Gasteiger partial charge is 0.254 e. The van der Waals surface area contributed by atoms with Crippen LogP contribution in [-0.2, 0) is 29.2 Å². The van der Waals surface area contributed by atoms with Crippen LogP contribution >= 0.6 is 0 Å². The van der Waals surface area contributed by atoms with E-state index in [9.17, 15) is 18.0 Å². The normalized spacial score (nSPS) is 13.5. The summed E-state index contributed by atoms with van der Waals surface area (Å²) in [5.41, 5.74) is 8.79. The number of ether oxygens (including phenoxy) is 1. The van der Waals surface area contributed by atoms with Crippen molar-refractivity contribution in [2.24, 2.45) is 5.73 Å². The molecule has 2 N–H and O–H groups in total. The van der Waals surface area contributed by atoms with Crippen molar-refractivity contribution in [1.82, 2.24) is 4.90 Å². The second-order valence-electron chi connectivity index (χ2n) is 8.78. The predicted molar refractivity (Wildman–Crippen MR) is 133 cm³/mol. The van der Waals surface area contributed by atoms with E-state index in [4.69, 9.17) is 10.5 Å². The van der Waals surface area contributed by atoms with Crippen molar-refractivity contribution in [3.63, 3.8) is 0 Å². The lowest BCUT2D eigenvalue weighted by Crippen LogP contribution is -2.33. The number of primary amides is 1. The van der Waals surface area contributed by atoms with E-state index in [1.54, 1.807) is 24.0 Å². The van der Waals surface area contributed by atoms with Crippen LogP contribution in [0.5, 0.6) is 5.75 Å². The number of fused-ring (bicyclic) bond motifs is 1. The summed E-state index contributed by atoms with van der Waals surface area (Å²) < 4.78 is 44.7. The highest BCUT2D eigenvalue weighted by Crippen LogP contribution is 2.28. The zero-order valence-corrected chi connectivity index (χ0v) is 20.9. The van der Waals surface area contributed by atoms with Gasteiger partial charge in [-0.2, -0.15) is 0 Å². The number of benzene rings is 3. The third-order valence-corrected chi connectivity index (χ3v) is 7.34. The highest BCUT2D eigenvalue weighted by Gasteiger charge is 2.27. The van der Waals surface area contributed by atoms with Gasteiger partial charge in [0, 0.05) is 35.1 Å². The molecule has 188 valence electrons. The third-order valence-electron chi connectivity index (χ3n) is 6.23. The monoisotopic (exact) mass is 510 g/mol. The number of carbonyl (C=O) groups excluding carboxylic acids is 2. The maximum atomic E-state index is 15.0. The van der Waals surface area contributed by atoms with Crippen LogP contribution in [0.4, 0.5) is 4.39 Å². The van der Waals surface area contributed by atoms with Gasteiger partial charge >= 0.3 is 0 Å². The Kier molecular flexibility index (Phi) is 7.12. The summed E-state index contributed by atoms with van der Waals surface area (Å²) in [5, 5.41) is 0. The van der Waals surface area contributed by atoms with Crippen LogP contribution in [0, 0.1) is 5.82 Å². The number of amides is 2. The molecule has 0 aromatic heterocycles. The van der Waals surface area contributed by atoms with Gasteiger partial charge in [-0.25, -0.2) is 12.8 Å². The summed E-state index contributed by atoms with van der Waals surface area (Å²) >= 11 is 0. The SMILES string of the molecule is CCc1c(C(=O)N2CCOc3ccc(Cc4ccc(C(N)=O)cc4)cc3C2)ccc(S(C)(=O)=O)c1F. The summed E-state index contributed by atoms with van der Waals surface area (Å²) in [5.74, 6) is -1.06. The molecule has 36 heavy (non-hydrogen) atoms. The van der Waals surface area contributed by atoms with E-state index in [1.165, 1.54) is 6.07 Å². The molecule has 3 aromatic rings. The highest BCUT2D eigenvalue weighted by molar-refractivity contribution is 7.90. The molecular weight excluding hydrogens is 483 g/mol. The van der Waals surface area contributed by atoms with Gasteiger partial charge in [-0.1, -0.05) is 25.1 Å². The molecular formula is C27H27FN2O5S. The van der Waals surface area contributed by atoms with Crippen molar-refractivity contribution in [3.8, 4) is 5.75 Å². The Morgan fingerprint density at radius 3 is 2.39 bits per heavy atom. The van der Waals surface area contributed by atoms with Crippen LogP contribution in [-0.4, -0.2) is 44.5 Å². The summed E-state index contributed by atoms with van der Waals surface area (Å²) in [7, 11) is -3.76. The Bertz CT molecular complexity index is 1440. The summed E-state index contributed by atoms with van der Waals surface area (Å²) in [4.78, 5) is 25.9. The number of nitrogens with zero attached hydrogens (tertiary/aromatic N) is 1. The predicted octanol–water partition coefficient (Wildman–Crippen LogP) is 3.52. The highest BCUT2D eigenvalue weighted by atomic mass is 32.2. The van der Waals surface area contributed by atoms with Gasteiger partial charge in [-0.15, -0.1) is 0 Å². The Morgan fingerprint density at radius 2 is 1.75 bits per heavy atom. The number of rotatable bonds is 6. The van der Waals surface area contributed by atoms with E-state index >= 15 is 4.39 Å². The van der Waals surface area contributed by atoms with Crippen LogP contribution in [0.15, 0.2) is 59.5 Å². The van der Waals surface area contributed by atoms with Gasteiger partial charge < -0.3 is 15.4 Å². The minimum atomic E-state index is -3.76. The molecule has 1 heterocycles. The maximum Gasteiger partial charge on any atom is 0.254 e. The number of carbonyl (C=O) groups is 2. The van der Waals surface area contributed by atoms with E-state index in [2.05, 4.69) is 0 Å². The van der Waals surface area contributed by atoms with E-state index < -0.39 is 26.5 Å². The number of hydrogen-bond donors (Lipinski definition) is 1. The molecule has 9 heteroatoms. The molecule has 3 aromatic carbocycles. The van der Waals surface area contributed by atoms with Gasteiger partial charge in [0.15, 0.2) is 9.84 Å². The molecule has 0 saturated heterocycles. The minimum absolute atomic E-state index is 0.0847. The first-order chi connectivity index (χ1) is 17.1. The van der Waals surface area contributed by atoms with Crippen molar-refractivity contribution in [2.75, 3.05) is 19.4 Å². The molecule has 0 aliphatic carbocycles. The first-order valence-electron chi connectivity index (χ1n) is 11.5. The maximum absolute atomic E-state index is 15.0. The lowest BCUT2D eigenvalue weighted by Gasteiger charge is -2.22. The van der Waals surface area contributed by atoms with Crippen LogP contribution in [0.1, 0.15) is 49.9 Å². The van der Waals surface area contributed by atoms with Crippen LogP contribution in [0.3, 0.4) is 0 Å². The van der Waals surface area contributed by atoms with E-state index in [0.29, 0.717) is 24.3 Å². The molecule has 1 aliphatic rings. The molecule has 2 amide bonds. The molecule has 4 rings (SSSR count). The largest absolute Gasteiger partial charge is 0.491 e. The summed E-state index contributed by atoms with van der Waals surface area (Å²) in [6, 6.07) is 15.4. The fourth-order valence-corrected chi connectivity index (χ4v) is 5.12. The molecule has 0 saturated carbocycles. The second-order valence-corrected chi connectivity index (χ2v) is 10.8. The minimum Gasteiger partial charge on any atom is -0.491 e. The van der Waals surface area contributed by atoms with Gasteiger partial charge in [0.25, 0.3) is 5.91 Å². The van der Waals surface area contributed by atoms with Crippen LogP contribution in [0.2, 0.25) is 0 Å². The average molecular weight is 511 g/mol. The van der Waals surface area contributed by atoms with Gasteiger partial charge in [0.1, 0.15) is 23.1 Å². The quantitative estimate of drug-likeness (QED) is 0.546. The average Bonchev–Trinajstić information content (AvgIpc) is 3.05.